The summed E-state index contributed by atoms with van der Waals surface area (Å²) in [5.74, 6) is 0.0576. The van der Waals surface area contributed by atoms with Gasteiger partial charge in [0.1, 0.15) is 0 Å². The van der Waals surface area contributed by atoms with E-state index in [1.54, 1.807) is 6.07 Å². The number of fused-ring (bicyclic) bond motifs is 1. The number of hydrogen-bond acceptors (Lipinski definition) is 2. The molecule has 1 aromatic heterocycles. The Balaban J connectivity index is 1.90. The van der Waals surface area contributed by atoms with Crippen molar-refractivity contribution < 1.29 is 9.13 Å². The van der Waals surface area contributed by atoms with Gasteiger partial charge in [-0.25, -0.2) is 4.39 Å². The van der Waals surface area contributed by atoms with Crippen LogP contribution in [-0.4, -0.2) is 36.6 Å². The lowest BCUT2D eigenvalue weighted by Gasteiger charge is -2.30. The van der Waals surface area contributed by atoms with E-state index in [-0.39, 0.29) is 5.82 Å². The Morgan fingerprint density at radius 3 is 2.89 bits per heavy atom. The molecule has 1 fully saturated rings. The maximum atomic E-state index is 14.2. The lowest BCUT2D eigenvalue weighted by atomic mass is 10.1. The van der Waals surface area contributed by atoms with Gasteiger partial charge in [0.05, 0.1) is 7.11 Å². The number of ether oxygens (including phenoxy) is 1. The van der Waals surface area contributed by atoms with Crippen molar-refractivity contribution in [3.63, 3.8) is 0 Å². The fourth-order valence-corrected chi connectivity index (χ4v) is 2.47. The minimum absolute atomic E-state index is 0.255. The summed E-state index contributed by atoms with van der Waals surface area (Å²) in [7, 11) is 1.50. The van der Waals surface area contributed by atoms with Gasteiger partial charge in [-0.15, -0.1) is 0 Å². The van der Waals surface area contributed by atoms with E-state index in [2.05, 4.69) is 9.88 Å². The molecule has 3 rings (SSSR count). The monoisotopic (exact) mass is 248 g/mol. The third-order valence-corrected chi connectivity index (χ3v) is 3.70. The first kappa shape index (κ1) is 11.5. The average molecular weight is 248 g/mol. The number of H-pyrrole nitrogens is 1. The number of aromatic nitrogens is 1. The Kier molecular flexibility index (Phi) is 2.96. The van der Waals surface area contributed by atoms with Gasteiger partial charge in [0.15, 0.2) is 11.6 Å². The second-order valence-corrected chi connectivity index (χ2v) is 4.76. The van der Waals surface area contributed by atoms with Crippen LogP contribution in [0.4, 0.5) is 4.39 Å². The average Bonchev–Trinajstić information content (AvgIpc) is 2.72. The highest BCUT2D eigenvalue weighted by molar-refractivity contribution is 5.85. The standard InChI is InChI=1S/C14H17FN2O/c1-18-12-4-3-11-13(14(12)15)10(9-16-11)5-8-17-6-2-7-17/h3-4,9,16H,2,5-8H2,1H3. The SMILES string of the molecule is COc1ccc2[nH]cc(CCN3CCC3)c2c1F. The minimum Gasteiger partial charge on any atom is -0.494 e. The summed E-state index contributed by atoms with van der Waals surface area (Å²) in [6.07, 6.45) is 4.08. The predicted octanol–water partition coefficient (Wildman–Crippen LogP) is 2.56. The summed E-state index contributed by atoms with van der Waals surface area (Å²) in [4.78, 5) is 5.51. The van der Waals surface area contributed by atoms with Gasteiger partial charge in [-0.1, -0.05) is 0 Å². The molecule has 18 heavy (non-hydrogen) atoms. The third kappa shape index (κ3) is 1.86. The minimum atomic E-state index is -0.255. The number of halogens is 1. The molecule has 0 atom stereocenters. The zero-order chi connectivity index (χ0) is 12.5. The smallest absolute Gasteiger partial charge is 0.174 e. The highest BCUT2D eigenvalue weighted by Crippen LogP contribution is 2.29. The number of rotatable bonds is 4. The van der Waals surface area contributed by atoms with Gasteiger partial charge < -0.3 is 14.6 Å². The number of likely N-dealkylation sites (tertiary alicyclic amines) is 1. The van der Waals surface area contributed by atoms with Gasteiger partial charge in [0, 0.05) is 23.6 Å². The second kappa shape index (κ2) is 4.61. The largest absolute Gasteiger partial charge is 0.494 e. The van der Waals surface area contributed by atoms with Crippen LogP contribution < -0.4 is 4.74 Å². The summed E-state index contributed by atoms with van der Waals surface area (Å²) in [5.41, 5.74) is 1.88. The van der Waals surface area contributed by atoms with Crippen molar-refractivity contribution in [1.29, 1.82) is 0 Å². The summed E-state index contributed by atoms with van der Waals surface area (Å²) >= 11 is 0. The lowest BCUT2D eigenvalue weighted by Crippen LogP contribution is -2.38. The van der Waals surface area contributed by atoms with Gasteiger partial charge in [0.2, 0.25) is 0 Å². The summed E-state index contributed by atoms with van der Waals surface area (Å²) in [6.45, 7) is 3.35. The van der Waals surface area contributed by atoms with E-state index < -0.39 is 0 Å². The first-order valence-electron chi connectivity index (χ1n) is 6.34. The summed E-state index contributed by atoms with van der Waals surface area (Å²) < 4.78 is 19.3. The van der Waals surface area contributed by atoms with E-state index in [4.69, 9.17) is 4.74 Å². The van der Waals surface area contributed by atoms with Gasteiger partial charge in [0.25, 0.3) is 0 Å². The predicted molar refractivity (Wildman–Crippen MR) is 69.6 cm³/mol. The van der Waals surface area contributed by atoms with Gasteiger partial charge in [-0.3, -0.25) is 0 Å². The van der Waals surface area contributed by atoms with Crippen molar-refractivity contribution in [1.82, 2.24) is 9.88 Å². The van der Waals surface area contributed by atoms with Crippen LogP contribution >= 0.6 is 0 Å². The van der Waals surface area contributed by atoms with Crippen molar-refractivity contribution in [3.05, 3.63) is 29.7 Å². The van der Waals surface area contributed by atoms with Crippen LogP contribution in [-0.2, 0) is 6.42 Å². The van der Waals surface area contributed by atoms with Crippen LogP contribution in [0.15, 0.2) is 18.3 Å². The molecule has 2 aromatic rings. The highest BCUT2D eigenvalue weighted by atomic mass is 19.1. The van der Waals surface area contributed by atoms with E-state index in [0.29, 0.717) is 11.1 Å². The number of benzene rings is 1. The number of methoxy groups -OCH3 is 1. The molecular formula is C14H17FN2O. The second-order valence-electron chi connectivity index (χ2n) is 4.76. The Bertz CT molecular complexity index is 560. The van der Waals surface area contributed by atoms with Gasteiger partial charge in [-0.05, 0) is 43.6 Å². The molecule has 0 saturated carbocycles. The molecule has 0 unspecified atom stereocenters. The number of nitrogens with one attached hydrogen (secondary N) is 1. The van der Waals surface area contributed by atoms with Crippen LogP contribution in [0.2, 0.25) is 0 Å². The zero-order valence-electron chi connectivity index (χ0n) is 10.5. The Labute approximate surface area is 106 Å². The molecule has 1 saturated heterocycles. The van der Waals surface area contributed by atoms with E-state index in [9.17, 15) is 4.39 Å². The zero-order valence-corrected chi connectivity index (χ0v) is 10.5. The molecule has 96 valence electrons. The maximum Gasteiger partial charge on any atom is 0.174 e. The molecule has 0 aliphatic carbocycles. The Hall–Kier alpha value is -1.55. The molecule has 0 amide bonds. The van der Waals surface area contributed by atoms with Gasteiger partial charge >= 0.3 is 0 Å². The maximum absolute atomic E-state index is 14.2. The molecular weight excluding hydrogens is 231 g/mol. The molecule has 4 heteroatoms. The van der Waals surface area contributed by atoms with Crippen molar-refractivity contribution in [3.8, 4) is 5.75 Å². The third-order valence-electron chi connectivity index (χ3n) is 3.70. The highest BCUT2D eigenvalue weighted by Gasteiger charge is 2.16. The van der Waals surface area contributed by atoms with Crippen molar-refractivity contribution >= 4 is 10.9 Å². The molecule has 1 aliphatic rings. The van der Waals surface area contributed by atoms with Crippen molar-refractivity contribution in [2.45, 2.75) is 12.8 Å². The molecule has 1 N–H and O–H groups in total. The van der Waals surface area contributed by atoms with E-state index in [1.807, 2.05) is 12.3 Å². The molecule has 0 radical (unpaired) electrons. The van der Waals surface area contributed by atoms with Crippen LogP contribution in [0.5, 0.6) is 5.75 Å². The Morgan fingerprint density at radius 1 is 1.39 bits per heavy atom. The summed E-state index contributed by atoms with van der Waals surface area (Å²) in [5, 5.41) is 0.676. The number of nitrogens with zero attached hydrogens (tertiary/aromatic N) is 1. The molecule has 2 heterocycles. The van der Waals surface area contributed by atoms with Crippen molar-refractivity contribution in [2.75, 3.05) is 26.7 Å². The fourth-order valence-electron chi connectivity index (χ4n) is 2.47. The van der Waals surface area contributed by atoms with E-state index >= 15 is 0 Å². The lowest BCUT2D eigenvalue weighted by molar-refractivity contribution is 0.184. The van der Waals surface area contributed by atoms with Crippen molar-refractivity contribution in [2.24, 2.45) is 0 Å². The van der Waals surface area contributed by atoms with Gasteiger partial charge in [-0.2, -0.15) is 0 Å². The first-order chi connectivity index (χ1) is 8.79. The van der Waals surface area contributed by atoms with Crippen LogP contribution in [0.25, 0.3) is 10.9 Å². The number of hydrogen-bond donors (Lipinski definition) is 1. The van der Waals surface area contributed by atoms with Crippen LogP contribution in [0, 0.1) is 5.82 Å². The van der Waals surface area contributed by atoms with Crippen LogP contribution in [0.1, 0.15) is 12.0 Å². The molecule has 1 aromatic carbocycles. The summed E-state index contributed by atoms with van der Waals surface area (Å²) in [6, 6.07) is 3.53. The molecule has 0 spiro atoms. The normalized spacial score (nSPS) is 15.9. The van der Waals surface area contributed by atoms with E-state index in [1.165, 1.54) is 26.6 Å². The molecule has 1 aliphatic heterocycles. The molecule has 3 nitrogen and oxygen atoms in total. The Morgan fingerprint density at radius 2 is 2.22 bits per heavy atom. The number of aromatic amines is 1. The topological polar surface area (TPSA) is 28.3 Å². The first-order valence-corrected chi connectivity index (χ1v) is 6.34. The quantitative estimate of drug-likeness (QED) is 0.900. The molecule has 0 bridgehead atoms. The van der Waals surface area contributed by atoms with E-state index in [0.717, 1.165) is 24.0 Å². The van der Waals surface area contributed by atoms with Crippen LogP contribution in [0.3, 0.4) is 0 Å². The fraction of sp³-hybridized carbons (Fsp3) is 0.429.